The first-order valence-electron chi connectivity index (χ1n) is 11.8. The molecule has 5 rings (SSSR count). The number of nitrogens with zero attached hydrogens (tertiary/aromatic N) is 3. The van der Waals surface area contributed by atoms with E-state index < -0.39 is 21.6 Å². The predicted octanol–water partition coefficient (Wildman–Crippen LogP) is 1.26. The molecule has 33 heavy (non-hydrogen) atoms. The number of hydrogen-bond donors (Lipinski definition) is 1. The number of rotatable bonds is 5. The molecule has 1 aromatic carbocycles. The van der Waals surface area contributed by atoms with E-state index in [2.05, 4.69) is 5.32 Å². The Labute approximate surface area is 194 Å². The molecule has 10 heteroatoms. The van der Waals surface area contributed by atoms with Crippen molar-refractivity contribution in [2.24, 2.45) is 0 Å². The molecular weight excluding hydrogens is 444 g/mol. The summed E-state index contributed by atoms with van der Waals surface area (Å²) in [6.07, 6.45) is 6.17. The number of piperazine rings is 1. The lowest BCUT2D eigenvalue weighted by Crippen LogP contribution is -2.51. The Hall–Kier alpha value is -2.46. The Bertz CT molecular complexity index is 1090. The van der Waals surface area contributed by atoms with E-state index in [1.54, 1.807) is 17.0 Å². The second-order valence-corrected chi connectivity index (χ2v) is 11.4. The van der Waals surface area contributed by atoms with Gasteiger partial charge in [-0.15, -0.1) is 0 Å². The summed E-state index contributed by atoms with van der Waals surface area (Å²) in [5.41, 5.74) is 1.58. The van der Waals surface area contributed by atoms with Gasteiger partial charge in [-0.25, -0.2) is 13.2 Å². The Morgan fingerprint density at radius 1 is 0.970 bits per heavy atom. The number of nitrogens with one attached hydrogen (secondary N) is 1. The number of fused-ring (bicyclic) bond motifs is 1. The van der Waals surface area contributed by atoms with E-state index in [0.29, 0.717) is 30.8 Å². The highest BCUT2D eigenvalue weighted by molar-refractivity contribution is 7.89. The SMILES string of the molecule is O=C(CCN1C(=O)NC2(CCCC2)C1=O)N1CCN(S(=O)(=O)c2ccc3c(c2)CCC3)CC1. The number of urea groups is 1. The van der Waals surface area contributed by atoms with E-state index in [9.17, 15) is 22.8 Å². The zero-order chi connectivity index (χ0) is 23.2. The van der Waals surface area contributed by atoms with Gasteiger partial charge in [-0.3, -0.25) is 14.5 Å². The summed E-state index contributed by atoms with van der Waals surface area (Å²) in [7, 11) is -3.60. The van der Waals surface area contributed by atoms with Crippen LogP contribution in [-0.2, 0) is 32.5 Å². The summed E-state index contributed by atoms with van der Waals surface area (Å²) in [5, 5.41) is 2.82. The molecule has 9 nitrogen and oxygen atoms in total. The molecule has 0 bridgehead atoms. The largest absolute Gasteiger partial charge is 0.340 e. The van der Waals surface area contributed by atoms with Crippen LogP contribution in [0.3, 0.4) is 0 Å². The molecule has 0 aromatic heterocycles. The molecule has 2 aliphatic heterocycles. The molecule has 0 unspecified atom stereocenters. The fourth-order valence-corrected chi connectivity index (χ4v) is 7.07. The number of aryl methyl sites for hydroxylation is 2. The van der Waals surface area contributed by atoms with E-state index >= 15 is 0 Å². The molecule has 0 radical (unpaired) electrons. The zero-order valence-corrected chi connectivity index (χ0v) is 19.5. The van der Waals surface area contributed by atoms with Crippen LogP contribution in [0.25, 0.3) is 0 Å². The fraction of sp³-hybridized carbons (Fsp3) is 0.609. The van der Waals surface area contributed by atoms with Gasteiger partial charge in [-0.2, -0.15) is 4.31 Å². The Balaban J connectivity index is 1.15. The molecule has 1 spiro atoms. The van der Waals surface area contributed by atoms with Gasteiger partial charge in [0.1, 0.15) is 5.54 Å². The highest BCUT2D eigenvalue weighted by atomic mass is 32.2. The molecule has 4 amide bonds. The van der Waals surface area contributed by atoms with E-state index in [4.69, 9.17) is 0 Å². The van der Waals surface area contributed by atoms with Crippen molar-refractivity contribution in [2.75, 3.05) is 32.7 Å². The first kappa shape index (κ1) is 22.3. The maximum absolute atomic E-state index is 13.1. The molecule has 2 aliphatic carbocycles. The Kier molecular flexibility index (Phi) is 5.68. The van der Waals surface area contributed by atoms with Crippen LogP contribution in [0.2, 0.25) is 0 Å². The second-order valence-electron chi connectivity index (χ2n) is 9.50. The summed E-state index contributed by atoms with van der Waals surface area (Å²) >= 11 is 0. The van der Waals surface area contributed by atoms with Crippen LogP contribution < -0.4 is 5.32 Å². The molecule has 1 aromatic rings. The number of benzene rings is 1. The molecular formula is C23H30N4O5S. The second kappa shape index (κ2) is 8.39. The third-order valence-electron chi connectivity index (χ3n) is 7.55. The van der Waals surface area contributed by atoms with Gasteiger partial charge in [0, 0.05) is 39.1 Å². The van der Waals surface area contributed by atoms with Crippen molar-refractivity contribution in [3.05, 3.63) is 29.3 Å². The number of imide groups is 1. The van der Waals surface area contributed by atoms with Crippen molar-refractivity contribution in [2.45, 2.75) is 61.8 Å². The summed E-state index contributed by atoms with van der Waals surface area (Å²) in [4.78, 5) is 40.9. The molecule has 1 saturated carbocycles. The maximum atomic E-state index is 13.1. The molecule has 2 heterocycles. The van der Waals surface area contributed by atoms with Crippen LogP contribution in [0.4, 0.5) is 4.79 Å². The van der Waals surface area contributed by atoms with Crippen molar-refractivity contribution in [1.82, 2.24) is 19.4 Å². The normalized spacial score (nSPS) is 22.8. The highest BCUT2D eigenvalue weighted by Gasteiger charge is 2.52. The van der Waals surface area contributed by atoms with E-state index in [-0.39, 0.29) is 37.9 Å². The van der Waals surface area contributed by atoms with Gasteiger partial charge in [0.25, 0.3) is 5.91 Å². The van der Waals surface area contributed by atoms with Crippen molar-refractivity contribution in [1.29, 1.82) is 0 Å². The molecule has 4 aliphatic rings. The van der Waals surface area contributed by atoms with Crippen molar-refractivity contribution < 1.29 is 22.8 Å². The molecule has 0 atom stereocenters. The van der Waals surface area contributed by atoms with Crippen LogP contribution in [-0.4, -0.2) is 78.6 Å². The third kappa shape index (κ3) is 3.93. The van der Waals surface area contributed by atoms with Gasteiger partial charge in [-0.05, 0) is 55.4 Å². The number of amides is 4. The standard InChI is InChI=1S/C23H30N4O5S/c28-20(8-11-27-21(29)23(24-22(27)30)9-1-2-10-23)25-12-14-26(15-13-25)33(31,32)19-7-6-17-4-3-5-18(17)16-19/h6-7,16H,1-5,8-15H2,(H,24,30). The van der Waals surface area contributed by atoms with E-state index in [1.165, 1.54) is 9.87 Å². The van der Waals surface area contributed by atoms with Gasteiger partial charge >= 0.3 is 6.03 Å². The monoisotopic (exact) mass is 474 g/mol. The smallest absolute Gasteiger partial charge is 0.325 e. The van der Waals surface area contributed by atoms with Crippen molar-refractivity contribution in [3.8, 4) is 0 Å². The lowest BCUT2D eigenvalue weighted by molar-refractivity contribution is -0.134. The minimum Gasteiger partial charge on any atom is -0.340 e. The summed E-state index contributed by atoms with van der Waals surface area (Å²) < 4.78 is 27.6. The van der Waals surface area contributed by atoms with Crippen LogP contribution in [0.5, 0.6) is 0 Å². The van der Waals surface area contributed by atoms with Crippen molar-refractivity contribution >= 4 is 27.9 Å². The minimum atomic E-state index is -3.60. The van der Waals surface area contributed by atoms with Gasteiger partial charge < -0.3 is 10.2 Å². The topological polar surface area (TPSA) is 107 Å². The van der Waals surface area contributed by atoms with Gasteiger partial charge in [0.05, 0.1) is 4.90 Å². The van der Waals surface area contributed by atoms with Gasteiger partial charge in [0.15, 0.2) is 0 Å². The summed E-state index contributed by atoms with van der Waals surface area (Å²) in [6.45, 7) is 1.12. The molecule has 1 N–H and O–H groups in total. The summed E-state index contributed by atoms with van der Waals surface area (Å²) in [5.74, 6) is -0.388. The van der Waals surface area contributed by atoms with Crippen LogP contribution in [0, 0.1) is 0 Å². The number of carbonyl (C=O) groups is 3. The zero-order valence-electron chi connectivity index (χ0n) is 18.7. The highest BCUT2D eigenvalue weighted by Crippen LogP contribution is 2.35. The minimum absolute atomic E-state index is 0.0484. The van der Waals surface area contributed by atoms with Crippen molar-refractivity contribution in [3.63, 3.8) is 0 Å². The average Bonchev–Trinajstić information content (AvgIpc) is 3.53. The Morgan fingerprint density at radius 2 is 1.67 bits per heavy atom. The number of sulfonamides is 1. The Morgan fingerprint density at radius 3 is 2.39 bits per heavy atom. The fourth-order valence-electron chi connectivity index (χ4n) is 5.60. The summed E-state index contributed by atoms with van der Waals surface area (Å²) in [6, 6.07) is 4.98. The number of carbonyl (C=O) groups excluding carboxylic acids is 3. The average molecular weight is 475 g/mol. The van der Waals surface area contributed by atoms with E-state index in [1.807, 2.05) is 6.07 Å². The molecule has 2 saturated heterocycles. The molecule has 3 fully saturated rings. The predicted molar refractivity (Wildman–Crippen MR) is 120 cm³/mol. The molecule has 178 valence electrons. The first-order chi connectivity index (χ1) is 15.8. The quantitative estimate of drug-likeness (QED) is 0.647. The van der Waals surface area contributed by atoms with Gasteiger partial charge in [0.2, 0.25) is 15.9 Å². The van der Waals surface area contributed by atoms with Crippen LogP contribution in [0.1, 0.15) is 49.7 Å². The third-order valence-corrected chi connectivity index (χ3v) is 9.45. The van der Waals surface area contributed by atoms with Crippen LogP contribution in [0.15, 0.2) is 23.1 Å². The van der Waals surface area contributed by atoms with E-state index in [0.717, 1.165) is 42.6 Å². The van der Waals surface area contributed by atoms with Gasteiger partial charge in [-0.1, -0.05) is 18.9 Å². The first-order valence-corrected chi connectivity index (χ1v) is 13.3. The lowest BCUT2D eigenvalue weighted by atomic mass is 9.98. The van der Waals surface area contributed by atoms with Crippen LogP contribution >= 0.6 is 0 Å². The lowest BCUT2D eigenvalue weighted by Gasteiger charge is -2.34. The maximum Gasteiger partial charge on any atom is 0.325 e. The number of hydrogen-bond acceptors (Lipinski definition) is 5.